The van der Waals surface area contributed by atoms with Crippen molar-refractivity contribution in [2.75, 3.05) is 19.6 Å². The number of nitrogens with zero attached hydrogens (tertiary/aromatic N) is 1. The topological polar surface area (TPSA) is 35.5 Å². The molecule has 0 spiro atoms. The highest BCUT2D eigenvalue weighted by atomic mass is 16.3. The standard InChI is InChI=1S/C17H30N2O/c1-5-19(6-2)13-15(4)18-14(3)7-8-16-9-11-17(20)12-10-16/h9-12,14-15,18,20H,5-8,13H2,1-4H3. The lowest BCUT2D eigenvalue weighted by atomic mass is 10.1. The van der Waals surface area contributed by atoms with Crippen LogP contribution in [0.4, 0.5) is 0 Å². The van der Waals surface area contributed by atoms with Gasteiger partial charge in [0.25, 0.3) is 0 Å². The van der Waals surface area contributed by atoms with Gasteiger partial charge in [0.1, 0.15) is 5.75 Å². The molecule has 2 unspecified atom stereocenters. The van der Waals surface area contributed by atoms with E-state index in [9.17, 15) is 5.11 Å². The van der Waals surface area contributed by atoms with Crippen LogP contribution in [0, 0.1) is 0 Å². The average molecular weight is 278 g/mol. The van der Waals surface area contributed by atoms with Crippen LogP contribution in [0.15, 0.2) is 24.3 Å². The van der Waals surface area contributed by atoms with Gasteiger partial charge in [0, 0.05) is 18.6 Å². The SMILES string of the molecule is CCN(CC)CC(C)NC(C)CCc1ccc(O)cc1. The Morgan fingerprint density at radius 3 is 2.20 bits per heavy atom. The minimum atomic E-state index is 0.341. The fourth-order valence-corrected chi connectivity index (χ4v) is 2.54. The van der Waals surface area contributed by atoms with Gasteiger partial charge in [-0.25, -0.2) is 0 Å². The normalized spacial score (nSPS) is 14.4. The van der Waals surface area contributed by atoms with Crippen LogP contribution in [0.25, 0.3) is 0 Å². The number of likely N-dealkylation sites (N-methyl/N-ethyl adjacent to an activating group) is 1. The Bertz CT molecular complexity index is 360. The van der Waals surface area contributed by atoms with Gasteiger partial charge in [0.15, 0.2) is 0 Å². The van der Waals surface area contributed by atoms with Crippen LogP contribution in [0.2, 0.25) is 0 Å². The maximum atomic E-state index is 9.27. The minimum absolute atomic E-state index is 0.341. The average Bonchev–Trinajstić information content (AvgIpc) is 2.44. The third-order valence-corrected chi connectivity index (χ3v) is 3.80. The van der Waals surface area contributed by atoms with Crippen LogP contribution in [-0.2, 0) is 6.42 Å². The number of hydrogen-bond donors (Lipinski definition) is 2. The second kappa shape index (κ2) is 8.98. The molecule has 0 fully saturated rings. The number of aryl methyl sites for hydroxylation is 1. The highest BCUT2D eigenvalue weighted by Gasteiger charge is 2.10. The number of nitrogens with one attached hydrogen (secondary N) is 1. The Morgan fingerprint density at radius 2 is 1.65 bits per heavy atom. The van der Waals surface area contributed by atoms with E-state index in [2.05, 4.69) is 37.9 Å². The summed E-state index contributed by atoms with van der Waals surface area (Å²) in [5, 5.41) is 12.9. The summed E-state index contributed by atoms with van der Waals surface area (Å²) in [5.41, 5.74) is 1.29. The summed E-state index contributed by atoms with van der Waals surface area (Å²) in [5.74, 6) is 0.341. The van der Waals surface area contributed by atoms with Gasteiger partial charge in [0.05, 0.1) is 0 Å². The molecule has 0 aromatic heterocycles. The third-order valence-electron chi connectivity index (χ3n) is 3.80. The van der Waals surface area contributed by atoms with Crippen LogP contribution < -0.4 is 5.32 Å². The number of hydrogen-bond acceptors (Lipinski definition) is 3. The summed E-state index contributed by atoms with van der Waals surface area (Å²) in [6, 6.07) is 8.55. The molecule has 3 heteroatoms. The molecule has 114 valence electrons. The lowest BCUT2D eigenvalue weighted by Crippen LogP contribution is -2.43. The number of benzene rings is 1. The molecule has 20 heavy (non-hydrogen) atoms. The zero-order valence-electron chi connectivity index (χ0n) is 13.4. The van der Waals surface area contributed by atoms with E-state index < -0.39 is 0 Å². The van der Waals surface area contributed by atoms with Crippen molar-refractivity contribution in [3.63, 3.8) is 0 Å². The molecule has 0 heterocycles. The van der Waals surface area contributed by atoms with E-state index in [0.717, 1.165) is 32.5 Å². The first-order valence-corrected chi connectivity index (χ1v) is 7.81. The van der Waals surface area contributed by atoms with Gasteiger partial charge in [0.2, 0.25) is 0 Å². The van der Waals surface area contributed by atoms with Crippen LogP contribution >= 0.6 is 0 Å². The molecule has 0 saturated heterocycles. The van der Waals surface area contributed by atoms with Crippen molar-refractivity contribution in [2.45, 2.75) is 52.6 Å². The van der Waals surface area contributed by atoms with E-state index in [1.807, 2.05) is 12.1 Å². The van der Waals surface area contributed by atoms with Gasteiger partial charge in [-0.05, 0) is 57.5 Å². The van der Waals surface area contributed by atoms with Crippen molar-refractivity contribution in [3.05, 3.63) is 29.8 Å². The van der Waals surface area contributed by atoms with E-state index in [1.165, 1.54) is 5.56 Å². The molecular weight excluding hydrogens is 248 g/mol. The first-order valence-electron chi connectivity index (χ1n) is 7.81. The van der Waals surface area contributed by atoms with E-state index in [0.29, 0.717) is 17.8 Å². The van der Waals surface area contributed by atoms with Gasteiger partial charge < -0.3 is 15.3 Å². The molecule has 1 rings (SSSR count). The number of phenols is 1. The minimum Gasteiger partial charge on any atom is -0.508 e. The molecule has 1 aromatic rings. The monoisotopic (exact) mass is 278 g/mol. The van der Waals surface area contributed by atoms with Crippen LogP contribution in [0.1, 0.15) is 39.7 Å². The fraction of sp³-hybridized carbons (Fsp3) is 0.647. The highest BCUT2D eigenvalue weighted by molar-refractivity contribution is 5.25. The van der Waals surface area contributed by atoms with Crippen LogP contribution in [0.5, 0.6) is 5.75 Å². The lowest BCUT2D eigenvalue weighted by molar-refractivity contribution is 0.261. The fourth-order valence-electron chi connectivity index (χ4n) is 2.54. The Hall–Kier alpha value is -1.06. The molecule has 0 radical (unpaired) electrons. The van der Waals surface area contributed by atoms with Crippen molar-refractivity contribution in [1.29, 1.82) is 0 Å². The van der Waals surface area contributed by atoms with Gasteiger partial charge in [-0.3, -0.25) is 0 Å². The molecule has 0 aliphatic heterocycles. The van der Waals surface area contributed by atoms with Crippen LogP contribution in [0.3, 0.4) is 0 Å². The zero-order valence-corrected chi connectivity index (χ0v) is 13.4. The van der Waals surface area contributed by atoms with Gasteiger partial charge in [-0.2, -0.15) is 0 Å². The van der Waals surface area contributed by atoms with Crippen molar-refractivity contribution in [2.24, 2.45) is 0 Å². The van der Waals surface area contributed by atoms with Crippen molar-refractivity contribution in [1.82, 2.24) is 10.2 Å². The molecular formula is C17H30N2O. The molecule has 0 bridgehead atoms. The first kappa shape index (κ1) is 17.0. The maximum absolute atomic E-state index is 9.27. The second-order valence-corrected chi connectivity index (χ2v) is 5.66. The van der Waals surface area contributed by atoms with Gasteiger partial charge in [-0.1, -0.05) is 26.0 Å². The summed E-state index contributed by atoms with van der Waals surface area (Å²) >= 11 is 0. The largest absolute Gasteiger partial charge is 0.508 e. The summed E-state index contributed by atoms with van der Waals surface area (Å²) in [4.78, 5) is 2.45. The highest BCUT2D eigenvalue weighted by Crippen LogP contribution is 2.12. The van der Waals surface area contributed by atoms with Gasteiger partial charge in [-0.15, -0.1) is 0 Å². The zero-order chi connectivity index (χ0) is 15.0. The maximum Gasteiger partial charge on any atom is 0.115 e. The lowest BCUT2D eigenvalue weighted by Gasteiger charge is -2.26. The molecule has 0 saturated carbocycles. The third kappa shape index (κ3) is 6.40. The molecule has 2 N–H and O–H groups in total. The summed E-state index contributed by atoms with van der Waals surface area (Å²) in [6.07, 6.45) is 2.17. The van der Waals surface area contributed by atoms with E-state index in [4.69, 9.17) is 0 Å². The quantitative estimate of drug-likeness (QED) is 0.729. The molecule has 0 aliphatic rings. The van der Waals surface area contributed by atoms with E-state index in [1.54, 1.807) is 12.1 Å². The van der Waals surface area contributed by atoms with Crippen molar-refractivity contribution in [3.8, 4) is 5.75 Å². The van der Waals surface area contributed by atoms with E-state index >= 15 is 0 Å². The molecule has 0 aliphatic carbocycles. The second-order valence-electron chi connectivity index (χ2n) is 5.66. The first-order chi connectivity index (χ1) is 9.55. The predicted molar refractivity (Wildman–Crippen MR) is 86.3 cm³/mol. The summed E-state index contributed by atoms with van der Waals surface area (Å²) in [7, 11) is 0. The number of phenolic OH excluding ortho intramolecular Hbond substituents is 1. The predicted octanol–water partition coefficient (Wildman–Crippen LogP) is 3.03. The summed E-state index contributed by atoms with van der Waals surface area (Å²) < 4.78 is 0. The molecule has 2 atom stereocenters. The van der Waals surface area contributed by atoms with E-state index in [-0.39, 0.29) is 0 Å². The Balaban J connectivity index is 2.28. The Labute approximate surface area is 124 Å². The molecule has 3 nitrogen and oxygen atoms in total. The van der Waals surface area contributed by atoms with Crippen molar-refractivity contribution >= 4 is 0 Å². The Kier molecular flexibility index (Phi) is 7.63. The van der Waals surface area contributed by atoms with Gasteiger partial charge >= 0.3 is 0 Å². The number of rotatable bonds is 9. The summed E-state index contributed by atoms with van der Waals surface area (Å²) in [6.45, 7) is 12.3. The van der Waals surface area contributed by atoms with Crippen LogP contribution in [-0.4, -0.2) is 41.7 Å². The Morgan fingerprint density at radius 1 is 1.05 bits per heavy atom. The smallest absolute Gasteiger partial charge is 0.115 e. The van der Waals surface area contributed by atoms with Crippen molar-refractivity contribution < 1.29 is 5.11 Å². The molecule has 0 amide bonds. The number of aromatic hydroxyl groups is 1. The molecule has 1 aromatic carbocycles.